The summed E-state index contributed by atoms with van der Waals surface area (Å²) in [7, 11) is 0. The summed E-state index contributed by atoms with van der Waals surface area (Å²) in [6.07, 6.45) is 10.4. The highest BCUT2D eigenvalue weighted by atomic mass is 32.2. The molecule has 0 radical (unpaired) electrons. The lowest BCUT2D eigenvalue weighted by Gasteiger charge is -2.23. The molecule has 0 saturated heterocycles. The molecule has 6 atom stereocenters. The van der Waals surface area contributed by atoms with Crippen molar-refractivity contribution in [2.45, 2.75) is 83.4 Å². The van der Waals surface area contributed by atoms with Crippen molar-refractivity contribution in [2.75, 3.05) is 67.2 Å². The zero-order chi connectivity index (χ0) is 36.7. The van der Waals surface area contributed by atoms with Crippen LogP contribution < -0.4 is 28.7 Å². The molecule has 0 fully saturated rings. The number of thioether (sulfide) groups is 6. The molecule has 0 saturated carbocycles. The van der Waals surface area contributed by atoms with Crippen molar-refractivity contribution in [3.63, 3.8) is 0 Å². The monoisotopic (exact) mass is 791 g/mol. The Bertz CT molecular complexity index is 729. The van der Waals surface area contributed by atoms with E-state index in [-0.39, 0.29) is 31.5 Å². The summed E-state index contributed by atoms with van der Waals surface area (Å²) in [6, 6.07) is 0. The van der Waals surface area contributed by atoms with Crippen molar-refractivity contribution in [1.29, 1.82) is 0 Å². The van der Waals surface area contributed by atoms with Crippen LogP contribution in [0.25, 0.3) is 0 Å². The molecule has 0 aromatic rings. The SMILES string of the molecule is CCCSC(C=O)CC(CC=O)SCCN.NCCSC(C=O)CCC(C=O)SCCN.NCCSC(CC=O)C(CC=O)SCCN. The molecular formula is C31H61N5O6S6. The van der Waals surface area contributed by atoms with E-state index in [9.17, 15) is 28.8 Å². The molecule has 0 heterocycles. The number of rotatable bonds is 33. The van der Waals surface area contributed by atoms with Crippen LogP contribution >= 0.6 is 70.6 Å². The Balaban J connectivity index is -0.000000633. The molecule has 0 aromatic heterocycles. The van der Waals surface area contributed by atoms with E-state index in [4.69, 9.17) is 28.7 Å². The second-order valence-corrected chi connectivity index (χ2v) is 18.1. The van der Waals surface area contributed by atoms with Crippen LogP contribution in [0.1, 0.15) is 51.9 Å². The third-order valence-electron chi connectivity index (χ3n) is 5.92. The van der Waals surface area contributed by atoms with Crippen LogP contribution in [0.2, 0.25) is 0 Å². The third kappa shape index (κ3) is 34.4. The molecule has 0 aliphatic heterocycles. The summed E-state index contributed by atoms with van der Waals surface area (Å²) in [6.45, 7) is 5.06. The molecule has 0 rings (SSSR count). The van der Waals surface area contributed by atoms with E-state index >= 15 is 0 Å². The summed E-state index contributed by atoms with van der Waals surface area (Å²) in [5, 5.41) is 0.523. The van der Waals surface area contributed by atoms with Gasteiger partial charge in [-0.1, -0.05) is 6.92 Å². The number of hydrogen-bond donors (Lipinski definition) is 5. The summed E-state index contributed by atoms with van der Waals surface area (Å²) in [5.74, 6) is 5.05. The van der Waals surface area contributed by atoms with Crippen molar-refractivity contribution in [3.8, 4) is 0 Å². The third-order valence-corrected chi connectivity index (χ3v) is 14.1. The van der Waals surface area contributed by atoms with Gasteiger partial charge in [-0.3, -0.25) is 0 Å². The van der Waals surface area contributed by atoms with Crippen LogP contribution in [0.4, 0.5) is 0 Å². The number of hydrogen-bond acceptors (Lipinski definition) is 17. The average Bonchev–Trinajstić information content (AvgIpc) is 3.11. The smallest absolute Gasteiger partial charge is 0.132 e. The molecule has 0 spiro atoms. The quantitative estimate of drug-likeness (QED) is 0.0600. The average molecular weight is 792 g/mol. The van der Waals surface area contributed by atoms with Crippen LogP contribution in [0.5, 0.6) is 0 Å². The Morgan fingerprint density at radius 2 is 0.812 bits per heavy atom. The fourth-order valence-corrected chi connectivity index (χ4v) is 9.90. The van der Waals surface area contributed by atoms with Crippen molar-refractivity contribution in [2.24, 2.45) is 28.7 Å². The topological polar surface area (TPSA) is 233 Å². The maximum absolute atomic E-state index is 10.9. The molecular weight excluding hydrogens is 731 g/mol. The molecule has 6 unspecified atom stereocenters. The second-order valence-electron chi connectivity index (χ2n) is 9.91. The number of nitrogens with two attached hydrogens (primary N) is 5. The highest BCUT2D eigenvalue weighted by molar-refractivity contribution is 8.04. The van der Waals surface area contributed by atoms with Gasteiger partial charge in [0.05, 0.1) is 15.7 Å². The highest BCUT2D eigenvalue weighted by Crippen LogP contribution is 2.28. The van der Waals surface area contributed by atoms with Crippen molar-refractivity contribution >= 4 is 108 Å². The second kappa shape index (κ2) is 43.1. The Kier molecular flexibility index (Phi) is 46.9. The lowest BCUT2D eigenvalue weighted by Crippen LogP contribution is -2.24. The van der Waals surface area contributed by atoms with Gasteiger partial charge in [0.25, 0.3) is 0 Å². The molecule has 17 heteroatoms. The van der Waals surface area contributed by atoms with Gasteiger partial charge in [-0.25, -0.2) is 0 Å². The predicted molar refractivity (Wildman–Crippen MR) is 217 cm³/mol. The van der Waals surface area contributed by atoms with Crippen molar-refractivity contribution in [3.05, 3.63) is 0 Å². The van der Waals surface area contributed by atoms with E-state index in [0.29, 0.717) is 52.0 Å². The van der Waals surface area contributed by atoms with Crippen LogP contribution in [-0.4, -0.2) is 136 Å². The molecule has 282 valence electrons. The first kappa shape index (κ1) is 52.3. The first-order valence-corrected chi connectivity index (χ1v) is 22.5. The van der Waals surface area contributed by atoms with E-state index in [1.165, 1.54) is 0 Å². The summed E-state index contributed by atoms with van der Waals surface area (Å²) < 4.78 is 0. The lowest BCUT2D eigenvalue weighted by atomic mass is 10.2. The number of aldehydes is 6. The first-order chi connectivity index (χ1) is 23.4. The van der Waals surface area contributed by atoms with Gasteiger partial charge in [0.1, 0.15) is 37.7 Å². The standard InChI is InChI=1S/C11H21NO2S2.2C10H20N2O2S2/c1-2-6-15-11(9-14)8-10(3-5-13)16-7-4-12;11-3-7-15-9(1-5-13)10(2-6-14)16-8-4-12;11-3-5-15-9(7-13)1-2-10(8-14)16-6-4-12/h5,9-11H,2-4,6-8,12H2,1H3;5-6,9-10H,1-4,7-8,11-12H2;7-10H,1-6,11-12H2. The Labute approximate surface area is 314 Å². The molecule has 11 nitrogen and oxygen atoms in total. The highest BCUT2D eigenvalue weighted by Gasteiger charge is 2.21. The van der Waals surface area contributed by atoms with E-state index < -0.39 is 0 Å². The first-order valence-electron chi connectivity index (χ1n) is 16.2. The van der Waals surface area contributed by atoms with Gasteiger partial charge in [0.15, 0.2) is 0 Å². The van der Waals surface area contributed by atoms with Gasteiger partial charge in [0, 0.05) is 96.5 Å². The molecule has 48 heavy (non-hydrogen) atoms. The van der Waals surface area contributed by atoms with Gasteiger partial charge in [0.2, 0.25) is 0 Å². The molecule has 10 N–H and O–H groups in total. The van der Waals surface area contributed by atoms with E-state index in [1.54, 1.807) is 70.6 Å². The Morgan fingerprint density at radius 3 is 1.15 bits per heavy atom. The maximum Gasteiger partial charge on any atom is 0.132 e. The normalized spacial score (nSPS) is 14.4. The molecule has 0 amide bonds. The fourth-order valence-electron chi connectivity index (χ4n) is 3.70. The van der Waals surface area contributed by atoms with Gasteiger partial charge in [-0.15, -0.1) is 23.5 Å². The number of carbonyl (C=O) groups is 6. The van der Waals surface area contributed by atoms with E-state index in [0.717, 1.165) is 97.9 Å². The van der Waals surface area contributed by atoms with Crippen LogP contribution in [0.15, 0.2) is 0 Å². The van der Waals surface area contributed by atoms with E-state index in [1.807, 2.05) is 0 Å². The zero-order valence-corrected chi connectivity index (χ0v) is 33.3. The van der Waals surface area contributed by atoms with Gasteiger partial charge < -0.3 is 57.4 Å². The Morgan fingerprint density at radius 1 is 0.458 bits per heavy atom. The fraction of sp³-hybridized carbons (Fsp3) is 0.806. The summed E-state index contributed by atoms with van der Waals surface area (Å²) in [4.78, 5) is 64.1. The minimum atomic E-state index is -0.0375. The van der Waals surface area contributed by atoms with Crippen LogP contribution in [0.3, 0.4) is 0 Å². The van der Waals surface area contributed by atoms with Crippen molar-refractivity contribution < 1.29 is 28.8 Å². The molecule has 0 bridgehead atoms. The van der Waals surface area contributed by atoms with Gasteiger partial charge in [-0.2, -0.15) is 47.0 Å². The minimum absolute atomic E-state index is 0.0233. The largest absolute Gasteiger partial charge is 0.330 e. The lowest BCUT2D eigenvalue weighted by molar-refractivity contribution is -0.109. The summed E-state index contributed by atoms with van der Waals surface area (Å²) >= 11 is 9.82. The molecule has 0 aliphatic rings. The zero-order valence-electron chi connectivity index (χ0n) is 28.4. The summed E-state index contributed by atoms with van der Waals surface area (Å²) in [5.41, 5.74) is 27.1. The molecule has 0 aromatic carbocycles. The van der Waals surface area contributed by atoms with Gasteiger partial charge >= 0.3 is 0 Å². The maximum atomic E-state index is 10.9. The van der Waals surface area contributed by atoms with Gasteiger partial charge in [-0.05, 0) is 31.4 Å². The van der Waals surface area contributed by atoms with E-state index in [2.05, 4.69) is 6.92 Å². The van der Waals surface area contributed by atoms with Crippen LogP contribution in [0, 0.1) is 0 Å². The van der Waals surface area contributed by atoms with Crippen molar-refractivity contribution in [1.82, 2.24) is 0 Å². The minimum Gasteiger partial charge on any atom is -0.330 e. The van der Waals surface area contributed by atoms with Crippen LogP contribution in [-0.2, 0) is 28.8 Å². The predicted octanol–water partition coefficient (Wildman–Crippen LogP) is 2.31. The molecule has 0 aliphatic carbocycles. The number of carbonyl (C=O) groups excluding carboxylic acids is 6. The Hall–Kier alpha value is -0.0800.